The number of likely N-dealkylation sites (N-methyl/N-ethyl adjacent to an activating group) is 1. The third kappa shape index (κ3) is 2.38. The second-order valence-electron chi connectivity index (χ2n) is 5.36. The van der Waals surface area contributed by atoms with E-state index in [1.54, 1.807) is 0 Å². The molecule has 0 aromatic heterocycles. The summed E-state index contributed by atoms with van der Waals surface area (Å²) in [6, 6.07) is 12.6. The van der Waals surface area contributed by atoms with Crippen LogP contribution in [-0.4, -0.2) is 38.1 Å². The van der Waals surface area contributed by atoms with Crippen molar-refractivity contribution < 1.29 is 0 Å². The number of nitrogen functional groups attached to an aromatic ring is 1. The number of anilines is 2. The van der Waals surface area contributed by atoms with E-state index in [0.717, 1.165) is 30.7 Å². The molecule has 2 aromatic carbocycles. The van der Waals surface area contributed by atoms with Gasteiger partial charge in [-0.2, -0.15) is 0 Å². The fourth-order valence-corrected chi connectivity index (χ4v) is 2.87. The first kappa shape index (κ1) is 12.3. The molecule has 1 heterocycles. The Bertz CT molecular complexity index is 579. The molecule has 2 aromatic rings. The Hall–Kier alpha value is -1.74. The van der Waals surface area contributed by atoms with Crippen LogP contribution in [0.15, 0.2) is 36.4 Å². The van der Waals surface area contributed by atoms with E-state index in [2.05, 4.69) is 47.2 Å². The van der Waals surface area contributed by atoms with Gasteiger partial charge in [0.1, 0.15) is 0 Å². The van der Waals surface area contributed by atoms with Gasteiger partial charge in [-0.1, -0.05) is 24.3 Å². The lowest BCUT2D eigenvalue weighted by atomic mass is 10.1. The molecule has 0 atom stereocenters. The first-order chi connectivity index (χ1) is 9.25. The van der Waals surface area contributed by atoms with Crippen molar-refractivity contribution in [1.82, 2.24) is 4.90 Å². The van der Waals surface area contributed by atoms with Crippen molar-refractivity contribution >= 4 is 22.1 Å². The summed E-state index contributed by atoms with van der Waals surface area (Å²) in [7, 11) is 2.20. The minimum Gasteiger partial charge on any atom is -0.398 e. The topological polar surface area (TPSA) is 32.5 Å². The number of nitrogens with zero attached hydrogens (tertiary/aromatic N) is 2. The Morgan fingerprint density at radius 3 is 2.53 bits per heavy atom. The van der Waals surface area contributed by atoms with Crippen LogP contribution in [0.2, 0.25) is 0 Å². The predicted octanol–water partition coefficient (Wildman–Crippen LogP) is 2.56. The number of rotatable bonds is 1. The SMILES string of the molecule is CN1CCCN(c2ccc(N)c3ccccc23)CC1. The zero-order valence-corrected chi connectivity index (χ0v) is 11.5. The van der Waals surface area contributed by atoms with Gasteiger partial charge in [-0.15, -0.1) is 0 Å². The first-order valence-electron chi connectivity index (χ1n) is 6.96. The summed E-state index contributed by atoms with van der Waals surface area (Å²) >= 11 is 0. The Morgan fingerprint density at radius 1 is 0.895 bits per heavy atom. The van der Waals surface area contributed by atoms with Crippen LogP contribution in [0.1, 0.15) is 6.42 Å². The molecule has 0 saturated carbocycles. The third-order valence-corrected chi connectivity index (χ3v) is 3.99. The Labute approximate surface area is 114 Å². The molecule has 100 valence electrons. The number of hydrogen-bond acceptors (Lipinski definition) is 3. The monoisotopic (exact) mass is 255 g/mol. The Kier molecular flexibility index (Phi) is 3.30. The maximum Gasteiger partial charge on any atom is 0.0447 e. The molecule has 2 N–H and O–H groups in total. The number of hydrogen-bond donors (Lipinski definition) is 1. The second kappa shape index (κ2) is 5.10. The van der Waals surface area contributed by atoms with Crippen LogP contribution in [-0.2, 0) is 0 Å². The molecule has 1 fully saturated rings. The lowest BCUT2D eigenvalue weighted by Gasteiger charge is -2.25. The molecule has 19 heavy (non-hydrogen) atoms. The third-order valence-electron chi connectivity index (χ3n) is 3.99. The summed E-state index contributed by atoms with van der Waals surface area (Å²) in [6.07, 6.45) is 1.22. The molecule has 1 aliphatic heterocycles. The molecule has 0 amide bonds. The van der Waals surface area contributed by atoms with Gasteiger partial charge in [0.15, 0.2) is 0 Å². The number of fused-ring (bicyclic) bond motifs is 1. The van der Waals surface area contributed by atoms with Crippen LogP contribution in [0.4, 0.5) is 11.4 Å². The molecule has 1 aliphatic rings. The summed E-state index contributed by atoms with van der Waals surface area (Å²) in [5, 5.41) is 2.43. The van der Waals surface area contributed by atoms with Gasteiger partial charge in [0, 0.05) is 41.8 Å². The highest BCUT2D eigenvalue weighted by molar-refractivity contribution is 6.01. The van der Waals surface area contributed by atoms with Crippen LogP contribution in [0.5, 0.6) is 0 Å². The summed E-state index contributed by atoms with van der Waals surface area (Å²) in [6.45, 7) is 4.52. The van der Waals surface area contributed by atoms with Crippen LogP contribution in [0, 0.1) is 0 Å². The van der Waals surface area contributed by atoms with E-state index in [-0.39, 0.29) is 0 Å². The maximum absolute atomic E-state index is 6.08. The minimum absolute atomic E-state index is 0.867. The largest absolute Gasteiger partial charge is 0.398 e. The molecule has 3 heteroatoms. The van der Waals surface area contributed by atoms with Crippen molar-refractivity contribution in [2.24, 2.45) is 0 Å². The van der Waals surface area contributed by atoms with Gasteiger partial charge >= 0.3 is 0 Å². The molecular formula is C16H21N3. The zero-order valence-electron chi connectivity index (χ0n) is 11.5. The molecule has 0 radical (unpaired) electrons. The fraction of sp³-hybridized carbons (Fsp3) is 0.375. The maximum atomic E-state index is 6.08. The van der Waals surface area contributed by atoms with Crippen molar-refractivity contribution in [3.63, 3.8) is 0 Å². The van der Waals surface area contributed by atoms with Crippen molar-refractivity contribution in [2.45, 2.75) is 6.42 Å². The van der Waals surface area contributed by atoms with Crippen LogP contribution in [0.25, 0.3) is 10.8 Å². The van der Waals surface area contributed by atoms with E-state index in [4.69, 9.17) is 5.73 Å². The smallest absolute Gasteiger partial charge is 0.0447 e. The number of nitrogens with two attached hydrogens (primary N) is 1. The second-order valence-corrected chi connectivity index (χ2v) is 5.36. The van der Waals surface area contributed by atoms with Gasteiger partial charge in [0.25, 0.3) is 0 Å². The van der Waals surface area contributed by atoms with Gasteiger partial charge in [0.2, 0.25) is 0 Å². The Morgan fingerprint density at radius 2 is 1.68 bits per heavy atom. The standard InChI is InChI=1S/C16H21N3/c1-18-9-4-10-19(12-11-18)16-8-7-15(17)13-5-2-3-6-14(13)16/h2-3,5-8H,4,9-12,17H2,1H3. The van der Waals surface area contributed by atoms with Crippen LogP contribution >= 0.6 is 0 Å². The molecule has 0 spiro atoms. The van der Waals surface area contributed by atoms with E-state index in [9.17, 15) is 0 Å². The number of benzene rings is 2. The summed E-state index contributed by atoms with van der Waals surface area (Å²) < 4.78 is 0. The molecule has 3 nitrogen and oxygen atoms in total. The van der Waals surface area contributed by atoms with Gasteiger partial charge < -0.3 is 15.5 Å². The fourth-order valence-electron chi connectivity index (χ4n) is 2.87. The lowest BCUT2D eigenvalue weighted by molar-refractivity contribution is 0.360. The van der Waals surface area contributed by atoms with E-state index >= 15 is 0 Å². The Balaban J connectivity index is 2.02. The molecule has 1 saturated heterocycles. The highest BCUT2D eigenvalue weighted by Gasteiger charge is 2.15. The van der Waals surface area contributed by atoms with E-state index in [1.807, 2.05) is 6.07 Å². The highest BCUT2D eigenvalue weighted by atomic mass is 15.2. The van der Waals surface area contributed by atoms with Gasteiger partial charge in [-0.3, -0.25) is 0 Å². The van der Waals surface area contributed by atoms with Gasteiger partial charge in [-0.25, -0.2) is 0 Å². The van der Waals surface area contributed by atoms with E-state index in [0.29, 0.717) is 0 Å². The average Bonchev–Trinajstić information content (AvgIpc) is 2.65. The highest BCUT2D eigenvalue weighted by Crippen LogP contribution is 2.31. The van der Waals surface area contributed by atoms with Crippen molar-refractivity contribution in [2.75, 3.05) is 43.9 Å². The van der Waals surface area contributed by atoms with Crippen molar-refractivity contribution in [1.29, 1.82) is 0 Å². The predicted molar refractivity (Wildman–Crippen MR) is 82.7 cm³/mol. The quantitative estimate of drug-likeness (QED) is 0.795. The van der Waals surface area contributed by atoms with Crippen LogP contribution < -0.4 is 10.6 Å². The summed E-state index contributed by atoms with van der Waals surface area (Å²) in [5.41, 5.74) is 8.27. The normalized spacial score (nSPS) is 17.6. The molecule has 0 aliphatic carbocycles. The van der Waals surface area contributed by atoms with Gasteiger partial charge in [-0.05, 0) is 32.1 Å². The average molecular weight is 255 g/mol. The van der Waals surface area contributed by atoms with Crippen LogP contribution in [0.3, 0.4) is 0 Å². The summed E-state index contributed by atoms with van der Waals surface area (Å²) in [4.78, 5) is 4.89. The van der Waals surface area contributed by atoms with Gasteiger partial charge in [0.05, 0.1) is 0 Å². The minimum atomic E-state index is 0.867. The molecule has 3 rings (SSSR count). The van der Waals surface area contributed by atoms with E-state index < -0.39 is 0 Å². The zero-order chi connectivity index (χ0) is 13.2. The van der Waals surface area contributed by atoms with Crippen molar-refractivity contribution in [3.8, 4) is 0 Å². The molecular weight excluding hydrogens is 234 g/mol. The first-order valence-corrected chi connectivity index (χ1v) is 6.96. The summed E-state index contributed by atoms with van der Waals surface area (Å²) in [5.74, 6) is 0. The van der Waals surface area contributed by atoms with E-state index in [1.165, 1.54) is 24.0 Å². The van der Waals surface area contributed by atoms with Crippen molar-refractivity contribution in [3.05, 3.63) is 36.4 Å². The lowest BCUT2D eigenvalue weighted by Crippen LogP contribution is -2.28. The molecule has 0 bridgehead atoms. The molecule has 0 unspecified atom stereocenters.